The zero-order valence-electron chi connectivity index (χ0n) is 15.7. The number of esters is 1. The molecule has 0 amide bonds. The molecule has 1 aliphatic heterocycles. The van der Waals surface area contributed by atoms with Crippen LogP contribution in [0.3, 0.4) is 0 Å². The third kappa shape index (κ3) is 4.38. The van der Waals surface area contributed by atoms with Gasteiger partial charge < -0.3 is 18.8 Å². The van der Waals surface area contributed by atoms with Gasteiger partial charge in [-0.2, -0.15) is 0 Å². The van der Waals surface area contributed by atoms with E-state index >= 15 is 0 Å². The molecule has 0 radical (unpaired) electrons. The summed E-state index contributed by atoms with van der Waals surface area (Å²) in [4.78, 5) is 12.2. The molecule has 1 atom stereocenters. The molecule has 0 bridgehead atoms. The van der Waals surface area contributed by atoms with Gasteiger partial charge in [-0.1, -0.05) is 22.0 Å². The van der Waals surface area contributed by atoms with E-state index in [0.717, 1.165) is 10.0 Å². The van der Waals surface area contributed by atoms with Gasteiger partial charge >= 0.3 is 13.1 Å². The van der Waals surface area contributed by atoms with Crippen LogP contribution in [0.2, 0.25) is 0 Å². The summed E-state index contributed by atoms with van der Waals surface area (Å²) >= 11 is 3.45. The van der Waals surface area contributed by atoms with E-state index in [9.17, 15) is 4.79 Å². The number of hydrogen-bond acceptors (Lipinski definition) is 5. The normalized spacial score (nSPS) is 19.6. The Kier molecular flexibility index (Phi) is 6.23. The zero-order chi connectivity index (χ0) is 18.8. The van der Waals surface area contributed by atoms with Crippen molar-refractivity contribution in [3.63, 3.8) is 0 Å². The van der Waals surface area contributed by atoms with E-state index in [-0.39, 0.29) is 18.2 Å². The van der Waals surface area contributed by atoms with Gasteiger partial charge in [0.1, 0.15) is 5.75 Å². The maximum Gasteiger partial charge on any atom is 0.466 e. The number of carbonyl (C=O) groups is 1. The number of halogens is 1. The van der Waals surface area contributed by atoms with Gasteiger partial charge in [0.15, 0.2) is 0 Å². The first-order valence-electron chi connectivity index (χ1n) is 8.46. The summed E-state index contributed by atoms with van der Waals surface area (Å²) in [5.41, 5.74) is -0.0994. The molecule has 0 aromatic heterocycles. The molecule has 0 spiro atoms. The predicted molar refractivity (Wildman–Crippen MR) is 101 cm³/mol. The van der Waals surface area contributed by atoms with Crippen molar-refractivity contribution in [2.45, 2.75) is 58.1 Å². The zero-order valence-corrected chi connectivity index (χ0v) is 17.3. The van der Waals surface area contributed by atoms with Crippen molar-refractivity contribution in [1.82, 2.24) is 0 Å². The smallest absolute Gasteiger partial charge is 0.466 e. The molecule has 138 valence electrons. The number of hydrogen-bond donors (Lipinski definition) is 0. The highest BCUT2D eigenvalue weighted by atomic mass is 79.9. The van der Waals surface area contributed by atoms with E-state index in [1.54, 1.807) is 14.0 Å². The van der Waals surface area contributed by atoms with Gasteiger partial charge in [-0.15, -0.1) is 0 Å². The van der Waals surface area contributed by atoms with Crippen molar-refractivity contribution in [2.75, 3.05) is 13.7 Å². The second kappa shape index (κ2) is 7.68. The summed E-state index contributed by atoms with van der Waals surface area (Å²) < 4.78 is 24.0. The molecule has 2 rings (SSSR count). The average Bonchev–Trinajstić information content (AvgIpc) is 2.73. The first-order chi connectivity index (χ1) is 11.6. The molecule has 7 heteroatoms. The van der Waals surface area contributed by atoms with Crippen LogP contribution in [-0.4, -0.2) is 38.0 Å². The Morgan fingerprint density at radius 1 is 1.24 bits per heavy atom. The molecular formula is C18H26BBrO5. The SMILES string of the molecule is CCOC(=O)CC(B1OC(C)(C)C(C)(C)O1)c1ccc(Br)cc1OC. The van der Waals surface area contributed by atoms with Crippen LogP contribution >= 0.6 is 15.9 Å². The van der Waals surface area contributed by atoms with E-state index in [4.69, 9.17) is 18.8 Å². The molecule has 1 unspecified atom stereocenters. The summed E-state index contributed by atoms with van der Waals surface area (Å²) in [7, 11) is 1.04. The van der Waals surface area contributed by atoms with Gasteiger partial charge in [-0.25, -0.2) is 0 Å². The molecule has 25 heavy (non-hydrogen) atoms. The van der Waals surface area contributed by atoms with Crippen molar-refractivity contribution in [3.05, 3.63) is 28.2 Å². The third-order valence-electron chi connectivity index (χ3n) is 4.89. The third-order valence-corrected chi connectivity index (χ3v) is 5.38. The quantitative estimate of drug-likeness (QED) is 0.519. The van der Waals surface area contributed by atoms with Gasteiger partial charge in [0.2, 0.25) is 0 Å². The van der Waals surface area contributed by atoms with Gasteiger partial charge in [-0.05, 0) is 52.3 Å². The maximum absolute atomic E-state index is 12.2. The second-order valence-electron chi connectivity index (χ2n) is 7.13. The van der Waals surface area contributed by atoms with Crippen LogP contribution in [0.1, 0.15) is 52.4 Å². The monoisotopic (exact) mass is 412 g/mol. The van der Waals surface area contributed by atoms with Gasteiger partial charge in [-0.3, -0.25) is 4.79 Å². The standard InChI is InChI=1S/C18H26BBrO5/c1-7-23-16(21)11-14(13-9-8-12(20)10-15(13)22-6)19-24-17(2,3)18(4,5)25-19/h8-10,14H,7,11H2,1-6H3. The molecule has 0 N–H and O–H groups in total. The maximum atomic E-state index is 12.2. The molecule has 1 heterocycles. The Hall–Kier alpha value is -1.05. The minimum Gasteiger partial charge on any atom is -0.496 e. The van der Waals surface area contributed by atoms with E-state index in [1.807, 2.05) is 45.9 Å². The van der Waals surface area contributed by atoms with Crippen molar-refractivity contribution >= 4 is 29.0 Å². The van der Waals surface area contributed by atoms with Crippen LogP contribution < -0.4 is 4.74 Å². The van der Waals surface area contributed by atoms with E-state index < -0.39 is 18.3 Å². The largest absolute Gasteiger partial charge is 0.496 e. The summed E-state index contributed by atoms with van der Waals surface area (Å²) in [6, 6.07) is 5.72. The van der Waals surface area contributed by atoms with Crippen molar-refractivity contribution < 1.29 is 23.6 Å². The first-order valence-corrected chi connectivity index (χ1v) is 9.25. The lowest BCUT2D eigenvalue weighted by molar-refractivity contribution is -0.143. The predicted octanol–water partition coefficient (Wildman–Crippen LogP) is 4.13. The Morgan fingerprint density at radius 2 is 1.84 bits per heavy atom. The van der Waals surface area contributed by atoms with Crippen molar-refractivity contribution in [1.29, 1.82) is 0 Å². The molecule has 1 aromatic carbocycles. The Morgan fingerprint density at radius 3 is 2.36 bits per heavy atom. The van der Waals surface area contributed by atoms with Crippen LogP contribution in [0.4, 0.5) is 0 Å². The Bertz CT molecular complexity index is 616. The molecule has 1 fully saturated rings. The Labute approximate surface area is 158 Å². The minimum atomic E-state index is -0.565. The van der Waals surface area contributed by atoms with Gasteiger partial charge in [0.05, 0.1) is 31.3 Å². The second-order valence-corrected chi connectivity index (χ2v) is 8.04. The van der Waals surface area contributed by atoms with Crippen LogP contribution in [0.15, 0.2) is 22.7 Å². The highest BCUT2D eigenvalue weighted by Crippen LogP contribution is 2.43. The molecule has 0 saturated carbocycles. The van der Waals surface area contributed by atoms with Crippen molar-refractivity contribution in [2.24, 2.45) is 0 Å². The Balaban J connectivity index is 2.40. The lowest BCUT2D eigenvalue weighted by Crippen LogP contribution is -2.41. The highest BCUT2D eigenvalue weighted by Gasteiger charge is 2.54. The number of benzene rings is 1. The van der Waals surface area contributed by atoms with Gasteiger partial charge in [0, 0.05) is 10.3 Å². The fourth-order valence-corrected chi connectivity index (χ4v) is 3.14. The molecule has 0 aliphatic carbocycles. The van der Waals surface area contributed by atoms with Crippen LogP contribution in [0.25, 0.3) is 0 Å². The molecule has 1 aliphatic rings. The van der Waals surface area contributed by atoms with E-state index in [0.29, 0.717) is 12.4 Å². The highest BCUT2D eigenvalue weighted by molar-refractivity contribution is 9.10. The lowest BCUT2D eigenvalue weighted by atomic mass is 9.66. The van der Waals surface area contributed by atoms with E-state index in [2.05, 4.69) is 15.9 Å². The molecular weight excluding hydrogens is 387 g/mol. The number of rotatable bonds is 6. The minimum absolute atomic E-state index is 0.155. The lowest BCUT2D eigenvalue weighted by Gasteiger charge is -2.32. The van der Waals surface area contributed by atoms with Crippen molar-refractivity contribution in [3.8, 4) is 5.75 Å². The number of methoxy groups -OCH3 is 1. The number of ether oxygens (including phenoxy) is 2. The van der Waals surface area contributed by atoms with E-state index in [1.165, 1.54) is 0 Å². The molecule has 1 saturated heterocycles. The average molecular weight is 413 g/mol. The molecule has 5 nitrogen and oxygen atoms in total. The van der Waals surface area contributed by atoms with Gasteiger partial charge in [0.25, 0.3) is 0 Å². The topological polar surface area (TPSA) is 54.0 Å². The summed E-state index contributed by atoms with van der Waals surface area (Å²) in [6.07, 6.45) is 0.155. The fourth-order valence-electron chi connectivity index (χ4n) is 2.80. The first kappa shape index (κ1) is 20.3. The molecule has 1 aromatic rings. The summed E-state index contributed by atoms with van der Waals surface area (Å²) in [6.45, 7) is 10.1. The van der Waals surface area contributed by atoms with Crippen LogP contribution in [0.5, 0.6) is 5.75 Å². The fraction of sp³-hybridized carbons (Fsp3) is 0.611. The van der Waals surface area contributed by atoms with Crippen LogP contribution in [0, 0.1) is 0 Å². The van der Waals surface area contributed by atoms with Crippen LogP contribution in [-0.2, 0) is 18.8 Å². The summed E-state index contributed by atoms with van der Waals surface area (Å²) in [5.74, 6) is 0.0636. The number of carbonyl (C=O) groups excluding carboxylic acids is 1. The summed E-state index contributed by atoms with van der Waals surface area (Å²) in [5, 5.41) is 0.